The SMILES string of the molecule is C[Si](C)(C)CCOCn1cc(-c2ccc3nc(Cl)ccc3c2)nc1[C@@H]1CCCN1C(=O)O. The van der Waals surface area contributed by atoms with Gasteiger partial charge in [0.2, 0.25) is 0 Å². The number of carboxylic acid groups (broad SMARTS) is 1. The van der Waals surface area contributed by atoms with Crippen LogP contribution in [0.1, 0.15) is 24.7 Å². The maximum Gasteiger partial charge on any atom is 0.407 e. The van der Waals surface area contributed by atoms with Crippen molar-refractivity contribution in [2.75, 3.05) is 13.2 Å². The van der Waals surface area contributed by atoms with Gasteiger partial charge in [-0.2, -0.15) is 0 Å². The molecule has 3 heterocycles. The van der Waals surface area contributed by atoms with Crippen LogP contribution < -0.4 is 0 Å². The van der Waals surface area contributed by atoms with Gasteiger partial charge in [-0.15, -0.1) is 0 Å². The van der Waals surface area contributed by atoms with Crippen LogP contribution >= 0.6 is 11.6 Å². The number of carbonyl (C=O) groups is 1. The molecule has 9 heteroatoms. The lowest BCUT2D eigenvalue weighted by atomic mass is 10.1. The third kappa shape index (κ3) is 5.14. The zero-order valence-corrected chi connectivity index (χ0v) is 20.5. The van der Waals surface area contributed by atoms with Gasteiger partial charge in [-0.1, -0.05) is 37.3 Å². The van der Waals surface area contributed by atoms with Crippen LogP contribution in [0.5, 0.6) is 0 Å². The van der Waals surface area contributed by atoms with Crippen molar-refractivity contribution < 1.29 is 14.6 Å². The number of aromatic nitrogens is 3. The molecule has 0 unspecified atom stereocenters. The number of rotatable bonds is 7. The molecule has 0 spiro atoms. The van der Waals surface area contributed by atoms with Crippen molar-refractivity contribution in [2.45, 2.75) is 51.3 Å². The second kappa shape index (κ2) is 9.21. The van der Waals surface area contributed by atoms with E-state index in [0.717, 1.165) is 46.9 Å². The summed E-state index contributed by atoms with van der Waals surface area (Å²) in [6, 6.07) is 10.5. The van der Waals surface area contributed by atoms with Gasteiger partial charge in [0.05, 0.1) is 17.3 Å². The van der Waals surface area contributed by atoms with Gasteiger partial charge < -0.3 is 14.4 Å². The van der Waals surface area contributed by atoms with Crippen LogP contribution in [0.15, 0.2) is 36.5 Å². The number of halogens is 1. The summed E-state index contributed by atoms with van der Waals surface area (Å²) in [4.78, 5) is 22.5. The van der Waals surface area contributed by atoms with Gasteiger partial charge in [-0.05, 0) is 43.2 Å². The molecule has 170 valence electrons. The van der Waals surface area contributed by atoms with E-state index >= 15 is 0 Å². The van der Waals surface area contributed by atoms with Crippen LogP contribution in [0.2, 0.25) is 30.8 Å². The van der Waals surface area contributed by atoms with Gasteiger partial charge in [0.25, 0.3) is 0 Å². The third-order valence-corrected chi connectivity index (χ3v) is 7.70. The molecule has 4 rings (SSSR count). The first-order valence-corrected chi connectivity index (χ1v) is 15.0. The maximum atomic E-state index is 11.8. The van der Waals surface area contributed by atoms with Crippen molar-refractivity contribution in [3.8, 4) is 11.3 Å². The van der Waals surface area contributed by atoms with Gasteiger partial charge in [-0.25, -0.2) is 14.8 Å². The molecule has 0 saturated carbocycles. The van der Waals surface area contributed by atoms with Crippen LogP contribution in [0.3, 0.4) is 0 Å². The van der Waals surface area contributed by atoms with Gasteiger partial charge in [0.1, 0.15) is 17.7 Å². The highest BCUT2D eigenvalue weighted by Crippen LogP contribution is 2.34. The third-order valence-electron chi connectivity index (χ3n) is 5.78. The molecule has 1 aromatic carbocycles. The predicted molar refractivity (Wildman–Crippen MR) is 129 cm³/mol. The molecule has 0 aliphatic carbocycles. The van der Waals surface area contributed by atoms with Crippen LogP contribution in [0.25, 0.3) is 22.2 Å². The lowest BCUT2D eigenvalue weighted by molar-refractivity contribution is 0.0805. The number of likely N-dealkylation sites (tertiary alicyclic amines) is 1. The number of pyridine rings is 1. The van der Waals surface area contributed by atoms with E-state index in [1.165, 1.54) is 4.90 Å². The summed E-state index contributed by atoms with van der Waals surface area (Å²) in [7, 11) is -1.19. The molecule has 1 aliphatic rings. The van der Waals surface area contributed by atoms with Gasteiger partial charge in [0, 0.05) is 38.4 Å². The molecule has 1 atom stereocenters. The summed E-state index contributed by atoms with van der Waals surface area (Å²) in [5.74, 6) is 0.738. The largest absolute Gasteiger partial charge is 0.465 e. The summed E-state index contributed by atoms with van der Waals surface area (Å²) in [6.07, 6.45) is 2.65. The minimum Gasteiger partial charge on any atom is -0.465 e. The number of hydrogen-bond donors (Lipinski definition) is 1. The topological polar surface area (TPSA) is 80.5 Å². The molecular weight excluding hydrogens is 444 g/mol. The molecule has 1 fully saturated rings. The van der Waals surface area contributed by atoms with Crippen molar-refractivity contribution in [1.82, 2.24) is 19.4 Å². The van der Waals surface area contributed by atoms with Crippen molar-refractivity contribution >= 4 is 36.7 Å². The van der Waals surface area contributed by atoms with E-state index < -0.39 is 14.2 Å². The van der Waals surface area contributed by atoms with Gasteiger partial charge in [0.15, 0.2) is 0 Å². The Kier molecular flexibility index (Phi) is 6.55. The number of amides is 1. The highest BCUT2D eigenvalue weighted by Gasteiger charge is 2.33. The quantitative estimate of drug-likeness (QED) is 0.264. The fourth-order valence-electron chi connectivity index (χ4n) is 4.00. The Bertz CT molecular complexity index is 1130. The average Bonchev–Trinajstić information content (AvgIpc) is 3.37. The molecule has 0 radical (unpaired) electrons. The van der Waals surface area contributed by atoms with E-state index in [1.807, 2.05) is 35.0 Å². The number of nitrogens with zero attached hydrogens (tertiary/aromatic N) is 4. The zero-order valence-electron chi connectivity index (χ0n) is 18.7. The average molecular weight is 473 g/mol. The van der Waals surface area contributed by atoms with Crippen LogP contribution in [-0.4, -0.2) is 51.9 Å². The summed E-state index contributed by atoms with van der Waals surface area (Å²) in [6.45, 7) is 8.55. The summed E-state index contributed by atoms with van der Waals surface area (Å²) in [5.41, 5.74) is 2.56. The Morgan fingerprint density at radius 3 is 2.81 bits per heavy atom. The maximum absolute atomic E-state index is 11.8. The van der Waals surface area contributed by atoms with Crippen LogP contribution in [-0.2, 0) is 11.5 Å². The molecule has 1 N–H and O–H groups in total. The molecule has 1 aliphatic heterocycles. The fraction of sp³-hybridized carbons (Fsp3) is 0.435. The zero-order chi connectivity index (χ0) is 22.9. The Hall–Kier alpha value is -2.42. The minimum absolute atomic E-state index is 0.261. The smallest absolute Gasteiger partial charge is 0.407 e. The van der Waals surface area contributed by atoms with Crippen molar-refractivity contribution in [2.24, 2.45) is 0 Å². The second-order valence-electron chi connectivity index (χ2n) is 9.48. The Labute approximate surface area is 194 Å². The fourth-order valence-corrected chi connectivity index (χ4v) is 4.91. The summed E-state index contributed by atoms with van der Waals surface area (Å²) >= 11 is 6.01. The van der Waals surface area contributed by atoms with Gasteiger partial charge >= 0.3 is 6.09 Å². The molecule has 2 aromatic heterocycles. The highest BCUT2D eigenvalue weighted by molar-refractivity contribution is 6.76. The van der Waals surface area contributed by atoms with E-state index in [9.17, 15) is 9.90 Å². The number of benzene rings is 1. The Morgan fingerprint density at radius 2 is 2.06 bits per heavy atom. The second-order valence-corrected chi connectivity index (χ2v) is 15.5. The standard InChI is InChI=1S/C23H29ClN4O3Si/c1-32(2,3)12-11-31-15-27-14-19(26-22(27)20-5-4-10-28(20)23(29)30)17-6-8-18-16(13-17)7-9-21(24)25-18/h6-9,13-14,20H,4-5,10-12,15H2,1-3H3,(H,29,30)/t20-/m0/s1. The molecule has 1 saturated heterocycles. The monoisotopic (exact) mass is 472 g/mol. The number of hydrogen-bond acceptors (Lipinski definition) is 4. The molecule has 3 aromatic rings. The minimum atomic E-state index is -1.19. The van der Waals surface area contributed by atoms with E-state index in [4.69, 9.17) is 21.3 Å². The number of imidazole rings is 1. The lowest BCUT2D eigenvalue weighted by Crippen LogP contribution is -2.30. The molecular formula is C23H29ClN4O3Si. The van der Waals surface area contributed by atoms with Crippen molar-refractivity contribution in [3.05, 3.63) is 47.5 Å². The molecule has 7 nitrogen and oxygen atoms in total. The van der Waals surface area contributed by atoms with E-state index in [0.29, 0.717) is 25.0 Å². The Balaban J connectivity index is 1.65. The normalized spacial score (nSPS) is 16.8. The highest BCUT2D eigenvalue weighted by atomic mass is 35.5. The first-order chi connectivity index (χ1) is 15.2. The van der Waals surface area contributed by atoms with E-state index in [2.05, 4.69) is 24.6 Å². The summed E-state index contributed by atoms with van der Waals surface area (Å²) < 4.78 is 7.96. The predicted octanol–water partition coefficient (Wildman–Crippen LogP) is 5.88. The van der Waals surface area contributed by atoms with Crippen molar-refractivity contribution in [1.29, 1.82) is 0 Å². The van der Waals surface area contributed by atoms with Crippen LogP contribution in [0, 0.1) is 0 Å². The molecule has 32 heavy (non-hydrogen) atoms. The van der Waals surface area contributed by atoms with Gasteiger partial charge in [-0.3, -0.25) is 4.90 Å². The first kappa shape index (κ1) is 22.8. The summed E-state index contributed by atoms with van der Waals surface area (Å²) in [5, 5.41) is 11.1. The lowest BCUT2D eigenvalue weighted by Gasteiger charge is -2.22. The Morgan fingerprint density at radius 1 is 1.25 bits per heavy atom. The van der Waals surface area contributed by atoms with Crippen LogP contribution in [0.4, 0.5) is 4.79 Å². The molecule has 1 amide bonds. The molecule has 0 bridgehead atoms. The number of ether oxygens (including phenoxy) is 1. The van der Waals surface area contributed by atoms with E-state index in [-0.39, 0.29) is 6.04 Å². The number of fused-ring (bicyclic) bond motifs is 1. The van der Waals surface area contributed by atoms with Crippen molar-refractivity contribution in [3.63, 3.8) is 0 Å². The first-order valence-electron chi connectivity index (χ1n) is 10.9. The van der Waals surface area contributed by atoms with E-state index in [1.54, 1.807) is 6.07 Å².